The highest BCUT2D eigenvalue weighted by Gasteiger charge is 2.32. The Morgan fingerprint density at radius 1 is 1.07 bits per heavy atom. The van der Waals surface area contributed by atoms with Crippen LogP contribution in [0.15, 0.2) is 42.5 Å². The summed E-state index contributed by atoms with van der Waals surface area (Å²) in [6.45, 7) is 10.2. The van der Waals surface area contributed by atoms with Gasteiger partial charge in [-0.2, -0.15) is 0 Å². The molecule has 0 unspecified atom stereocenters. The molecule has 0 aliphatic carbocycles. The molecule has 6 nitrogen and oxygen atoms in total. The zero-order valence-corrected chi connectivity index (χ0v) is 19.4. The van der Waals surface area contributed by atoms with Crippen molar-refractivity contribution in [3.8, 4) is 5.75 Å². The molecule has 0 radical (unpaired) electrons. The number of carbonyl (C=O) groups is 1. The van der Waals surface area contributed by atoms with Crippen LogP contribution in [0.5, 0.6) is 5.75 Å². The molecule has 0 saturated carbocycles. The standard InChI is InChI=1S/C23H32N2O4S/c1-7-22(23(26)24-18(5)19-10-9-16(3)17(4)15-19)25(30(6,27)28)20-11-13-21(14-12-20)29-8-2/h9-15,18,22H,7-8H2,1-6H3,(H,24,26)/t18-,22-/m0/s1. The van der Waals surface area contributed by atoms with Crippen LogP contribution in [0, 0.1) is 13.8 Å². The minimum atomic E-state index is -3.68. The molecule has 0 heterocycles. The molecule has 0 aliphatic heterocycles. The first-order valence-corrected chi connectivity index (χ1v) is 12.0. The van der Waals surface area contributed by atoms with E-state index < -0.39 is 16.1 Å². The van der Waals surface area contributed by atoms with Crippen molar-refractivity contribution in [1.82, 2.24) is 5.32 Å². The molecule has 2 aromatic carbocycles. The molecule has 2 atom stereocenters. The number of anilines is 1. The first-order valence-electron chi connectivity index (χ1n) is 10.2. The first-order chi connectivity index (χ1) is 14.1. The number of nitrogens with one attached hydrogen (secondary N) is 1. The van der Waals surface area contributed by atoms with Crippen LogP contribution in [0.1, 0.15) is 49.9 Å². The molecule has 0 aliphatic rings. The third kappa shape index (κ3) is 5.75. The van der Waals surface area contributed by atoms with Gasteiger partial charge in [0, 0.05) is 0 Å². The minimum absolute atomic E-state index is 0.243. The number of benzene rings is 2. The van der Waals surface area contributed by atoms with Crippen LogP contribution in [0.2, 0.25) is 0 Å². The Bertz CT molecular complexity index is 971. The van der Waals surface area contributed by atoms with Crippen molar-refractivity contribution in [2.45, 2.75) is 53.1 Å². The molecule has 0 bridgehead atoms. The van der Waals surface area contributed by atoms with Gasteiger partial charge in [-0.3, -0.25) is 9.10 Å². The number of amides is 1. The van der Waals surface area contributed by atoms with Gasteiger partial charge in [0.1, 0.15) is 11.8 Å². The fraction of sp³-hybridized carbons (Fsp3) is 0.435. The number of aryl methyl sites for hydroxylation is 2. The lowest BCUT2D eigenvalue weighted by Crippen LogP contribution is -2.49. The van der Waals surface area contributed by atoms with Crippen LogP contribution in [-0.2, 0) is 14.8 Å². The van der Waals surface area contributed by atoms with Gasteiger partial charge < -0.3 is 10.1 Å². The maximum atomic E-state index is 13.1. The van der Waals surface area contributed by atoms with Gasteiger partial charge in [-0.15, -0.1) is 0 Å². The molecule has 7 heteroatoms. The summed E-state index contributed by atoms with van der Waals surface area (Å²) in [6.07, 6.45) is 1.46. The van der Waals surface area contributed by atoms with Gasteiger partial charge in [-0.1, -0.05) is 25.1 Å². The second-order valence-electron chi connectivity index (χ2n) is 7.48. The summed E-state index contributed by atoms with van der Waals surface area (Å²) in [5.41, 5.74) is 3.74. The molecule has 164 valence electrons. The topological polar surface area (TPSA) is 75.7 Å². The Labute approximate surface area is 180 Å². The lowest BCUT2D eigenvalue weighted by atomic mass is 10.0. The normalized spacial score (nSPS) is 13.4. The molecule has 2 aromatic rings. The Balaban J connectivity index is 2.29. The Morgan fingerprint density at radius 3 is 2.20 bits per heavy atom. The lowest BCUT2D eigenvalue weighted by Gasteiger charge is -2.31. The van der Waals surface area contributed by atoms with Crippen molar-refractivity contribution in [1.29, 1.82) is 0 Å². The van der Waals surface area contributed by atoms with E-state index in [0.29, 0.717) is 24.5 Å². The zero-order valence-electron chi connectivity index (χ0n) is 18.6. The van der Waals surface area contributed by atoms with E-state index in [4.69, 9.17) is 4.74 Å². The van der Waals surface area contributed by atoms with Crippen LogP contribution >= 0.6 is 0 Å². The number of hydrogen-bond donors (Lipinski definition) is 1. The van der Waals surface area contributed by atoms with Gasteiger partial charge in [0.05, 0.1) is 24.6 Å². The number of sulfonamides is 1. The Morgan fingerprint density at radius 2 is 1.70 bits per heavy atom. The Hall–Kier alpha value is -2.54. The van der Waals surface area contributed by atoms with E-state index in [1.165, 1.54) is 9.87 Å². The quantitative estimate of drug-likeness (QED) is 0.647. The zero-order chi connectivity index (χ0) is 22.5. The fourth-order valence-electron chi connectivity index (χ4n) is 3.34. The first kappa shape index (κ1) is 23.7. The summed E-state index contributed by atoms with van der Waals surface area (Å²) in [7, 11) is -3.68. The number of nitrogens with zero attached hydrogens (tertiary/aromatic N) is 1. The van der Waals surface area contributed by atoms with Crippen LogP contribution in [0.4, 0.5) is 5.69 Å². The second kappa shape index (κ2) is 9.98. The summed E-state index contributed by atoms with van der Waals surface area (Å²) in [6, 6.07) is 11.7. The van der Waals surface area contributed by atoms with Gasteiger partial charge in [-0.25, -0.2) is 8.42 Å². The van der Waals surface area contributed by atoms with Crippen LogP contribution in [0.25, 0.3) is 0 Å². The SMILES string of the molecule is CCOc1ccc(N([C@@H](CC)C(=O)N[C@@H](C)c2ccc(C)c(C)c2)S(C)(=O)=O)cc1. The van der Waals surface area contributed by atoms with E-state index in [2.05, 4.69) is 5.32 Å². The van der Waals surface area contributed by atoms with Crippen molar-refractivity contribution in [2.75, 3.05) is 17.2 Å². The largest absolute Gasteiger partial charge is 0.494 e. The number of rotatable bonds is 9. The van der Waals surface area contributed by atoms with E-state index in [1.54, 1.807) is 31.2 Å². The fourth-order valence-corrected chi connectivity index (χ4v) is 4.55. The highest BCUT2D eigenvalue weighted by molar-refractivity contribution is 7.92. The van der Waals surface area contributed by atoms with E-state index in [9.17, 15) is 13.2 Å². The number of carbonyl (C=O) groups excluding carboxylic acids is 1. The molecule has 30 heavy (non-hydrogen) atoms. The van der Waals surface area contributed by atoms with E-state index in [1.807, 2.05) is 45.9 Å². The van der Waals surface area contributed by atoms with Crippen LogP contribution in [0.3, 0.4) is 0 Å². The van der Waals surface area contributed by atoms with Gasteiger partial charge in [0.2, 0.25) is 15.9 Å². The van der Waals surface area contributed by atoms with Gasteiger partial charge >= 0.3 is 0 Å². The second-order valence-corrected chi connectivity index (χ2v) is 9.34. The summed E-state index contributed by atoms with van der Waals surface area (Å²) in [5.74, 6) is 0.318. The minimum Gasteiger partial charge on any atom is -0.494 e. The predicted octanol–water partition coefficient (Wildman–Crippen LogP) is 4.12. The third-order valence-electron chi connectivity index (χ3n) is 5.12. The highest BCUT2D eigenvalue weighted by atomic mass is 32.2. The average molecular weight is 433 g/mol. The molecule has 0 aromatic heterocycles. The molecule has 0 fully saturated rings. The number of hydrogen-bond acceptors (Lipinski definition) is 4. The maximum absolute atomic E-state index is 13.1. The molecule has 2 rings (SSSR count). The van der Waals surface area contributed by atoms with Crippen molar-refractivity contribution < 1.29 is 17.9 Å². The highest BCUT2D eigenvalue weighted by Crippen LogP contribution is 2.26. The van der Waals surface area contributed by atoms with Crippen LogP contribution < -0.4 is 14.4 Å². The third-order valence-corrected chi connectivity index (χ3v) is 6.30. The van der Waals surface area contributed by atoms with Gasteiger partial charge in [0.25, 0.3) is 0 Å². The molecule has 1 amide bonds. The molecular formula is C23H32N2O4S. The number of ether oxygens (including phenoxy) is 1. The average Bonchev–Trinajstić information content (AvgIpc) is 2.68. The van der Waals surface area contributed by atoms with E-state index >= 15 is 0 Å². The van der Waals surface area contributed by atoms with Crippen molar-refractivity contribution in [3.05, 3.63) is 59.2 Å². The van der Waals surface area contributed by atoms with Crippen molar-refractivity contribution in [3.63, 3.8) is 0 Å². The molecular weight excluding hydrogens is 400 g/mol. The van der Waals surface area contributed by atoms with Gasteiger partial charge in [0.15, 0.2) is 0 Å². The molecule has 1 N–H and O–H groups in total. The molecule has 0 spiro atoms. The predicted molar refractivity (Wildman–Crippen MR) is 121 cm³/mol. The van der Waals surface area contributed by atoms with E-state index in [-0.39, 0.29) is 11.9 Å². The van der Waals surface area contributed by atoms with Crippen LogP contribution in [-0.4, -0.2) is 33.2 Å². The van der Waals surface area contributed by atoms with Crippen molar-refractivity contribution >= 4 is 21.6 Å². The molecule has 0 saturated heterocycles. The maximum Gasteiger partial charge on any atom is 0.244 e. The smallest absolute Gasteiger partial charge is 0.244 e. The van der Waals surface area contributed by atoms with Crippen molar-refractivity contribution in [2.24, 2.45) is 0 Å². The monoisotopic (exact) mass is 432 g/mol. The Kier molecular flexibility index (Phi) is 7.89. The van der Waals surface area contributed by atoms with Gasteiger partial charge in [-0.05, 0) is 75.1 Å². The lowest BCUT2D eigenvalue weighted by molar-refractivity contribution is -0.122. The summed E-state index contributed by atoms with van der Waals surface area (Å²) in [5, 5.41) is 2.98. The van der Waals surface area contributed by atoms with E-state index in [0.717, 1.165) is 17.4 Å². The summed E-state index contributed by atoms with van der Waals surface area (Å²) in [4.78, 5) is 13.1. The summed E-state index contributed by atoms with van der Waals surface area (Å²) < 4.78 is 31.8. The summed E-state index contributed by atoms with van der Waals surface area (Å²) >= 11 is 0.